The highest BCUT2D eigenvalue weighted by Gasteiger charge is 2.21. The first-order valence-electron chi connectivity index (χ1n) is 21.8. The average molecular weight is 843 g/mol. The van der Waals surface area contributed by atoms with E-state index in [1.165, 1.54) is 69.2 Å². The van der Waals surface area contributed by atoms with Crippen LogP contribution in [-0.4, -0.2) is 8.07 Å². The maximum absolute atomic E-state index is 2.41. The summed E-state index contributed by atoms with van der Waals surface area (Å²) in [5.41, 5.74) is 11.7. The molecule has 0 aliphatic carbocycles. The summed E-state index contributed by atoms with van der Waals surface area (Å²) in [5.74, 6) is 0. The molecule has 0 saturated carbocycles. The van der Waals surface area contributed by atoms with Gasteiger partial charge in [-0.15, -0.1) is 11.3 Å². The van der Waals surface area contributed by atoms with E-state index in [1.54, 1.807) is 0 Å². The second-order valence-corrected chi connectivity index (χ2v) is 23.5. The highest BCUT2D eigenvalue weighted by molar-refractivity contribution is 7.27. The van der Waals surface area contributed by atoms with Crippen molar-refractivity contribution in [1.82, 2.24) is 0 Å². The van der Waals surface area contributed by atoms with Crippen LogP contribution in [0.15, 0.2) is 224 Å². The molecule has 0 spiro atoms. The molecule has 0 aliphatic rings. The third kappa shape index (κ3) is 7.08. The van der Waals surface area contributed by atoms with Crippen molar-refractivity contribution < 1.29 is 0 Å². The molecule has 1 heterocycles. The van der Waals surface area contributed by atoms with Crippen LogP contribution in [-0.2, 0) is 0 Å². The number of thiophene rings is 1. The maximum atomic E-state index is 2.41. The summed E-state index contributed by atoms with van der Waals surface area (Å²) in [6.45, 7) is 7.21. The monoisotopic (exact) mass is 842 g/mol. The molecule has 2 nitrogen and oxygen atoms in total. The Hall–Kier alpha value is -7.24. The molecule has 63 heavy (non-hydrogen) atoms. The number of benzene rings is 10. The second kappa shape index (κ2) is 15.9. The van der Waals surface area contributed by atoms with Gasteiger partial charge in [-0.2, -0.15) is 0 Å². The average Bonchev–Trinajstić information content (AvgIpc) is 3.72. The smallest absolute Gasteiger partial charge is 0.0775 e. The highest BCUT2D eigenvalue weighted by atomic mass is 32.1. The van der Waals surface area contributed by atoms with Crippen molar-refractivity contribution in [3.05, 3.63) is 224 Å². The van der Waals surface area contributed by atoms with Crippen LogP contribution in [0.3, 0.4) is 0 Å². The van der Waals surface area contributed by atoms with E-state index in [-0.39, 0.29) is 0 Å². The van der Waals surface area contributed by atoms with E-state index in [0.717, 1.165) is 34.1 Å². The Labute approximate surface area is 374 Å². The standard InChI is InChI=1S/C59H46N2SSi/c1-63(2,3)49-35-32-47(33-36-49)60(44-19-9-5-10-20-44)46-30-27-41(28-31-46)43-29-37-53-55(39-43)51-24-13-14-25-52(51)58-54-38-34-48(40-57(54)62-59(53)58)61(45-21-11-6-12-22-45)56-26-16-15-23-50(56)42-17-7-4-8-18-42/h4-40H,1-3H3. The lowest BCUT2D eigenvalue weighted by molar-refractivity contribution is 1.28. The Morgan fingerprint density at radius 1 is 0.349 bits per heavy atom. The molecular weight excluding hydrogens is 797 g/mol. The summed E-state index contributed by atoms with van der Waals surface area (Å²) in [7, 11) is -1.42. The molecule has 302 valence electrons. The van der Waals surface area contributed by atoms with Crippen molar-refractivity contribution >= 4 is 100 Å². The van der Waals surface area contributed by atoms with Crippen LogP contribution in [0.4, 0.5) is 34.1 Å². The van der Waals surface area contributed by atoms with E-state index in [1.807, 2.05) is 11.3 Å². The van der Waals surface area contributed by atoms with Gasteiger partial charge in [0.15, 0.2) is 0 Å². The normalized spacial score (nSPS) is 11.7. The van der Waals surface area contributed by atoms with Gasteiger partial charge in [0, 0.05) is 59.6 Å². The molecule has 0 unspecified atom stereocenters. The minimum atomic E-state index is -1.42. The summed E-state index contributed by atoms with van der Waals surface area (Å²) in [6, 6.07) is 82.2. The number of hydrogen-bond acceptors (Lipinski definition) is 3. The molecule has 0 amide bonds. The number of anilines is 6. The molecule has 0 saturated heterocycles. The van der Waals surface area contributed by atoms with Crippen LogP contribution >= 0.6 is 11.3 Å². The van der Waals surface area contributed by atoms with Crippen molar-refractivity contribution in [3.8, 4) is 22.3 Å². The predicted molar refractivity (Wildman–Crippen MR) is 278 cm³/mol. The van der Waals surface area contributed by atoms with E-state index >= 15 is 0 Å². The number of rotatable bonds is 9. The van der Waals surface area contributed by atoms with E-state index < -0.39 is 8.07 Å². The molecule has 0 N–H and O–H groups in total. The lowest BCUT2D eigenvalue weighted by Crippen LogP contribution is -2.37. The molecular formula is C59H46N2SSi. The summed E-state index contributed by atoms with van der Waals surface area (Å²) in [5, 5.41) is 9.23. The largest absolute Gasteiger partial charge is 0.311 e. The Bertz CT molecular complexity index is 3410. The SMILES string of the molecule is C[Si](C)(C)c1ccc(N(c2ccccc2)c2ccc(-c3ccc4c(c3)c3ccccc3c3c5ccc(N(c6ccccc6)c6ccccc6-c6ccccc6)cc5sc43)cc2)cc1. The molecule has 0 radical (unpaired) electrons. The summed E-state index contributed by atoms with van der Waals surface area (Å²) in [6.07, 6.45) is 0. The molecule has 1 aromatic heterocycles. The molecule has 11 rings (SSSR count). The first-order valence-corrected chi connectivity index (χ1v) is 26.1. The van der Waals surface area contributed by atoms with Crippen molar-refractivity contribution in [1.29, 1.82) is 0 Å². The first-order chi connectivity index (χ1) is 30.9. The highest BCUT2D eigenvalue weighted by Crippen LogP contribution is 2.48. The zero-order valence-electron chi connectivity index (χ0n) is 35.7. The van der Waals surface area contributed by atoms with E-state index in [4.69, 9.17) is 0 Å². The molecule has 0 atom stereocenters. The van der Waals surface area contributed by atoms with E-state index in [0.29, 0.717) is 0 Å². The summed E-state index contributed by atoms with van der Waals surface area (Å²) < 4.78 is 2.60. The number of para-hydroxylation sites is 3. The van der Waals surface area contributed by atoms with Crippen molar-refractivity contribution in [3.63, 3.8) is 0 Å². The zero-order chi connectivity index (χ0) is 42.5. The molecule has 0 bridgehead atoms. The summed E-state index contributed by atoms with van der Waals surface area (Å²) in [4.78, 5) is 4.76. The van der Waals surface area contributed by atoms with Gasteiger partial charge < -0.3 is 9.80 Å². The Kier molecular flexibility index (Phi) is 9.76. The van der Waals surface area contributed by atoms with Gasteiger partial charge in [0.1, 0.15) is 0 Å². The van der Waals surface area contributed by atoms with E-state index in [9.17, 15) is 0 Å². The molecule has 0 aliphatic heterocycles. The molecule has 11 aromatic rings. The second-order valence-electron chi connectivity index (χ2n) is 17.4. The van der Waals surface area contributed by atoms with Crippen LogP contribution < -0.4 is 15.0 Å². The lowest BCUT2D eigenvalue weighted by atomic mass is 9.94. The van der Waals surface area contributed by atoms with Gasteiger partial charge >= 0.3 is 0 Å². The van der Waals surface area contributed by atoms with E-state index in [2.05, 4.69) is 254 Å². The van der Waals surface area contributed by atoms with Crippen LogP contribution in [0.5, 0.6) is 0 Å². The minimum absolute atomic E-state index is 1.13. The van der Waals surface area contributed by atoms with Gasteiger partial charge in [-0.05, 0) is 106 Å². The molecule has 0 fully saturated rings. The summed E-state index contributed by atoms with van der Waals surface area (Å²) >= 11 is 1.90. The minimum Gasteiger partial charge on any atom is -0.311 e. The fourth-order valence-electron chi connectivity index (χ4n) is 9.23. The van der Waals surface area contributed by atoms with Crippen LogP contribution in [0.2, 0.25) is 19.6 Å². The Morgan fingerprint density at radius 2 is 0.873 bits per heavy atom. The lowest BCUT2D eigenvalue weighted by Gasteiger charge is -2.28. The maximum Gasteiger partial charge on any atom is 0.0775 e. The van der Waals surface area contributed by atoms with Gasteiger partial charge in [0.05, 0.1) is 13.8 Å². The Morgan fingerprint density at radius 3 is 1.56 bits per heavy atom. The zero-order valence-corrected chi connectivity index (χ0v) is 37.5. The third-order valence-electron chi connectivity index (χ3n) is 12.4. The fourth-order valence-corrected chi connectivity index (χ4v) is 11.7. The van der Waals surface area contributed by atoms with Crippen molar-refractivity contribution in [2.45, 2.75) is 19.6 Å². The van der Waals surface area contributed by atoms with Gasteiger partial charge in [-0.3, -0.25) is 0 Å². The van der Waals surface area contributed by atoms with Crippen LogP contribution in [0.1, 0.15) is 0 Å². The van der Waals surface area contributed by atoms with Gasteiger partial charge in [0.25, 0.3) is 0 Å². The number of hydrogen-bond donors (Lipinski definition) is 0. The quantitative estimate of drug-likeness (QED) is 0.106. The number of nitrogens with zero attached hydrogens (tertiary/aromatic N) is 2. The topological polar surface area (TPSA) is 6.48 Å². The van der Waals surface area contributed by atoms with Gasteiger partial charge in [-0.25, -0.2) is 0 Å². The predicted octanol–water partition coefficient (Wildman–Crippen LogP) is 17.2. The third-order valence-corrected chi connectivity index (χ3v) is 15.6. The fraction of sp³-hybridized carbons (Fsp3) is 0.0508. The van der Waals surface area contributed by atoms with Gasteiger partial charge in [-0.1, -0.05) is 176 Å². The number of fused-ring (bicyclic) bond motifs is 8. The van der Waals surface area contributed by atoms with Crippen LogP contribution in [0, 0.1) is 0 Å². The molecule has 4 heteroatoms. The van der Waals surface area contributed by atoms with Crippen LogP contribution in [0.25, 0.3) is 64.0 Å². The Balaban J connectivity index is 1.01. The van der Waals surface area contributed by atoms with Crippen molar-refractivity contribution in [2.75, 3.05) is 9.80 Å². The molecule has 10 aromatic carbocycles. The first kappa shape index (κ1) is 38.7. The van der Waals surface area contributed by atoms with Gasteiger partial charge in [0.2, 0.25) is 0 Å². The van der Waals surface area contributed by atoms with Crippen molar-refractivity contribution in [2.24, 2.45) is 0 Å².